The number of nitrogen functional groups attached to an aromatic ring is 1. The molecule has 0 fully saturated rings. The molecule has 0 radical (unpaired) electrons. The number of pyridine rings is 1. The Labute approximate surface area is 109 Å². The monoisotopic (exact) mass is 243 g/mol. The summed E-state index contributed by atoms with van der Waals surface area (Å²) in [5.41, 5.74) is 8.87. The van der Waals surface area contributed by atoms with Crippen molar-refractivity contribution in [2.45, 2.75) is 33.2 Å². The van der Waals surface area contributed by atoms with Crippen molar-refractivity contribution in [3.05, 3.63) is 30.5 Å². The fourth-order valence-electron chi connectivity index (χ4n) is 2.33. The van der Waals surface area contributed by atoms with Crippen LogP contribution in [0.25, 0.3) is 10.9 Å². The molecule has 1 aromatic carbocycles. The number of benzene rings is 1. The van der Waals surface area contributed by atoms with Crippen LogP contribution < -0.4 is 10.6 Å². The Morgan fingerprint density at radius 3 is 2.72 bits per heavy atom. The Hall–Kier alpha value is -1.77. The predicted octanol–water partition coefficient (Wildman–Crippen LogP) is 3.44. The van der Waals surface area contributed by atoms with E-state index in [2.05, 4.69) is 42.8 Å². The number of hydrogen-bond donors (Lipinski definition) is 1. The SMILES string of the molecule is CCCN(c1ccnc2c(N)cccc12)C(C)C. The average molecular weight is 243 g/mol. The first-order valence-corrected chi connectivity index (χ1v) is 6.55. The molecule has 2 aromatic rings. The maximum Gasteiger partial charge on any atom is 0.0951 e. The molecule has 0 saturated heterocycles. The van der Waals surface area contributed by atoms with Crippen molar-refractivity contribution in [3.63, 3.8) is 0 Å². The number of anilines is 2. The third kappa shape index (κ3) is 2.26. The molecule has 0 aliphatic heterocycles. The Morgan fingerprint density at radius 2 is 2.06 bits per heavy atom. The molecule has 2 N–H and O–H groups in total. The van der Waals surface area contributed by atoms with Gasteiger partial charge in [-0.15, -0.1) is 0 Å². The lowest BCUT2D eigenvalue weighted by Crippen LogP contribution is -2.31. The summed E-state index contributed by atoms with van der Waals surface area (Å²) < 4.78 is 0. The summed E-state index contributed by atoms with van der Waals surface area (Å²) in [6, 6.07) is 8.54. The molecule has 96 valence electrons. The van der Waals surface area contributed by atoms with Gasteiger partial charge in [-0.05, 0) is 32.4 Å². The zero-order valence-corrected chi connectivity index (χ0v) is 11.4. The van der Waals surface area contributed by atoms with E-state index >= 15 is 0 Å². The van der Waals surface area contributed by atoms with Crippen LogP contribution in [0.2, 0.25) is 0 Å². The van der Waals surface area contributed by atoms with E-state index in [0.717, 1.165) is 29.6 Å². The summed E-state index contributed by atoms with van der Waals surface area (Å²) in [6.45, 7) is 7.68. The maximum atomic E-state index is 5.99. The number of rotatable bonds is 4. The molecule has 18 heavy (non-hydrogen) atoms. The standard InChI is InChI=1S/C15H21N3/c1-4-10-18(11(2)3)14-8-9-17-15-12(14)6-5-7-13(15)16/h5-9,11H,4,10,16H2,1-3H3. The lowest BCUT2D eigenvalue weighted by atomic mass is 10.1. The van der Waals surface area contributed by atoms with Crippen LogP contribution in [-0.4, -0.2) is 17.6 Å². The summed E-state index contributed by atoms with van der Waals surface area (Å²) in [6.07, 6.45) is 2.98. The minimum atomic E-state index is 0.469. The fourth-order valence-corrected chi connectivity index (χ4v) is 2.33. The molecule has 0 aliphatic carbocycles. The first-order valence-electron chi connectivity index (χ1n) is 6.55. The second-order valence-electron chi connectivity index (χ2n) is 4.86. The van der Waals surface area contributed by atoms with E-state index in [-0.39, 0.29) is 0 Å². The topological polar surface area (TPSA) is 42.2 Å². The van der Waals surface area contributed by atoms with Gasteiger partial charge >= 0.3 is 0 Å². The third-order valence-electron chi connectivity index (χ3n) is 3.18. The van der Waals surface area contributed by atoms with E-state index in [4.69, 9.17) is 5.73 Å². The molecule has 1 heterocycles. The van der Waals surface area contributed by atoms with Gasteiger partial charge in [-0.3, -0.25) is 4.98 Å². The zero-order chi connectivity index (χ0) is 13.1. The summed E-state index contributed by atoms with van der Waals surface area (Å²) in [5, 5.41) is 1.14. The van der Waals surface area contributed by atoms with Crippen molar-refractivity contribution in [3.8, 4) is 0 Å². The van der Waals surface area contributed by atoms with Gasteiger partial charge in [0, 0.05) is 29.9 Å². The molecule has 0 unspecified atom stereocenters. The summed E-state index contributed by atoms with van der Waals surface area (Å²) in [4.78, 5) is 6.80. The molecular weight excluding hydrogens is 222 g/mol. The highest BCUT2D eigenvalue weighted by Crippen LogP contribution is 2.29. The minimum Gasteiger partial charge on any atom is -0.397 e. The molecule has 1 aromatic heterocycles. The van der Waals surface area contributed by atoms with Crippen LogP contribution in [0.4, 0.5) is 11.4 Å². The molecule has 3 nitrogen and oxygen atoms in total. The van der Waals surface area contributed by atoms with Gasteiger partial charge in [0.1, 0.15) is 0 Å². The molecule has 2 rings (SSSR count). The highest BCUT2D eigenvalue weighted by Gasteiger charge is 2.13. The Morgan fingerprint density at radius 1 is 1.28 bits per heavy atom. The smallest absolute Gasteiger partial charge is 0.0951 e. The zero-order valence-electron chi connectivity index (χ0n) is 11.4. The van der Waals surface area contributed by atoms with Crippen molar-refractivity contribution in [1.29, 1.82) is 0 Å². The number of para-hydroxylation sites is 1. The second kappa shape index (κ2) is 5.25. The molecule has 0 atom stereocenters. The molecule has 0 spiro atoms. The summed E-state index contributed by atoms with van der Waals surface area (Å²) >= 11 is 0. The van der Waals surface area contributed by atoms with E-state index in [1.54, 1.807) is 0 Å². The highest BCUT2D eigenvalue weighted by atomic mass is 15.2. The summed E-state index contributed by atoms with van der Waals surface area (Å²) in [7, 11) is 0. The average Bonchev–Trinajstić information content (AvgIpc) is 2.36. The van der Waals surface area contributed by atoms with Gasteiger partial charge in [0.15, 0.2) is 0 Å². The van der Waals surface area contributed by atoms with Crippen LogP contribution in [0, 0.1) is 0 Å². The first kappa shape index (κ1) is 12.7. The normalized spacial score (nSPS) is 11.1. The van der Waals surface area contributed by atoms with Crippen molar-refractivity contribution < 1.29 is 0 Å². The fraction of sp³-hybridized carbons (Fsp3) is 0.400. The van der Waals surface area contributed by atoms with Crippen molar-refractivity contribution >= 4 is 22.3 Å². The summed E-state index contributed by atoms with van der Waals surface area (Å²) in [5.74, 6) is 0. The van der Waals surface area contributed by atoms with Crippen molar-refractivity contribution in [2.75, 3.05) is 17.2 Å². The highest BCUT2D eigenvalue weighted by molar-refractivity contribution is 5.98. The van der Waals surface area contributed by atoms with E-state index in [9.17, 15) is 0 Å². The molecule has 0 aliphatic rings. The third-order valence-corrected chi connectivity index (χ3v) is 3.18. The maximum absolute atomic E-state index is 5.99. The lowest BCUT2D eigenvalue weighted by Gasteiger charge is -2.29. The number of hydrogen-bond acceptors (Lipinski definition) is 3. The lowest BCUT2D eigenvalue weighted by molar-refractivity contribution is 0.673. The van der Waals surface area contributed by atoms with Gasteiger partial charge in [0.2, 0.25) is 0 Å². The number of fused-ring (bicyclic) bond motifs is 1. The molecule has 0 amide bonds. The largest absolute Gasteiger partial charge is 0.397 e. The van der Waals surface area contributed by atoms with Gasteiger partial charge in [0.25, 0.3) is 0 Å². The van der Waals surface area contributed by atoms with Crippen LogP contribution in [-0.2, 0) is 0 Å². The second-order valence-corrected chi connectivity index (χ2v) is 4.86. The predicted molar refractivity (Wildman–Crippen MR) is 78.9 cm³/mol. The number of nitrogens with two attached hydrogens (primary N) is 1. The van der Waals surface area contributed by atoms with Crippen LogP contribution in [0.15, 0.2) is 30.5 Å². The van der Waals surface area contributed by atoms with Gasteiger partial charge < -0.3 is 10.6 Å². The number of aromatic nitrogens is 1. The Balaban J connectivity index is 2.59. The number of nitrogens with zero attached hydrogens (tertiary/aromatic N) is 2. The van der Waals surface area contributed by atoms with Gasteiger partial charge in [0.05, 0.1) is 11.2 Å². The van der Waals surface area contributed by atoms with Gasteiger partial charge in [-0.1, -0.05) is 19.1 Å². The van der Waals surface area contributed by atoms with Crippen LogP contribution in [0.5, 0.6) is 0 Å². The first-order chi connectivity index (χ1) is 8.65. The van der Waals surface area contributed by atoms with Gasteiger partial charge in [-0.25, -0.2) is 0 Å². The van der Waals surface area contributed by atoms with Crippen molar-refractivity contribution in [2.24, 2.45) is 0 Å². The molecular formula is C15H21N3. The quantitative estimate of drug-likeness (QED) is 0.836. The van der Waals surface area contributed by atoms with Crippen LogP contribution in [0.3, 0.4) is 0 Å². The van der Waals surface area contributed by atoms with Crippen LogP contribution in [0.1, 0.15) is 27.2 Å². The van der Waals surface area contributed by atoms with Gasteiger partial charge in [-0.2, -0.15) is 0 Å². The van der Waals surface area contributed by atoms with E-state index in [0.29, 0.717) is 6.04 Å². The Bertz CT molecular complexity index is 534. The van der Waals surface area contributed by atoms with E-state index < -0.39 is 0 Å². The molecule has 0 saturated carbocycles. The Kier molecular flexibility index (Phi) is 3.70. The molecule has 0 bridgehead atoms. The minimum absolute atomic E-state index is 0.469. The molecule has 3 heteroatoms. The van der Waals surface area contributed by atoms with Crippen molar-refractivity contribution in [1.82, 2.24) is 4.98 Å². The van der Waals surface area contributed by atoms with Crippen LogP contribution >= 0.6 is 0 Å². The van der Waals surface area contributed by atoms with E-state index in [1.807, 2.05) is 18.3 Å². The van der Waals surface area contributed by atoms with E-state index in [1.165, 1.54) is 5.69 Å².